The van der Waals surface area contributed by atoms with Crippen LogP contribution in [0, 0.1) is 29.1 Å². The first-order valence-electron chi connectivity index (χ1n) is 19.8. The first-order valence-corrected chi connectivity index (χ1v) is 22.1. The maximum atomic E-state index is 13.8. The van der Waals surface area contributed by atoms with Crippen molar-refractivity contribution in [1.29, 1.82) is 5.41 Å². The highest BCUT2D eigenvalue weighted by Gasteiger charge is 2.43. The van der Waals surface area contributed by atoms with E-state index >= 15 is 0 Å². The highest BCUT2D eigenvalue weighted by Crippen LogP contribution is 2.38. The van der Waals surface area contributed by atoms with Crippen LogP contribution in [0.1, 0.15) is 64.3 Å². The lowest BCUT2D eigenvalue weighted by atomic mass is 9.95. The largest absolute Gasteiger partial charge is 0.453 e. The van der Waals surface area contributed by atoms with E-state index in [0.29, 0.717) is 37.5 Å². The Hall–Kier alpha value is -5.00. The number of alkyl carbamates (subject to hydrolysis) is 1. The molecule has 2 aromatic carbocycles. The van der Waals surface area contributed by atoms with Crippen molar-refractivity contribution in [2.24, 2.45) is 23.7 Å². The molecule has 316 valence electrons. The molecule has 2 fully saturated rings. The Morgan fingerprint density at radius 3 is 1.86 bits per heavy atom. The second kappa shape index (κ2) is 19.4. The van der Waals surface area contributed by atoms with Crippen LogP contribution in [0.3, 0.4) is 0 Å². The Morgan fingerprint density at radius 2 is 1.39 bits per heavy atom. The van der Waals surface area contributed by atoms with Crippen LogP contribution >= 0.6 is 12.6 Å². The van der Waals surface area contributed by atoms with Gasteiger partial charge >= 0.3 is 6.09 Å². The fraction of sp³-hybridized carbons (Fsp3) is 0.476. The number of aromatic amines is 2. The molecule has 15 nitrogen and oxygen atoms in total. The van der Waals surface area contributed by atoms with E-state index in [-0.39, 0.29) is 47.5 Å². The number of methoxy groups -OCH3 is 1. The van der Waals surface area contributed by atoms with Gasteiger partial charge in [-0.3, -0.25) is 19.2 Å². The molecule has 2 saturated heterocycles. The van der Waals surface area contributed by atoms with Crippen LogP contribution in [0.5, 0.6) is 0 Å². The zero-order valence-corrected chi connectivity index (χ0v) is 35.9. The van der Waals surface area contributed by atoms with Crippen molar-refractivity contribution < 1.29 is 33.1 Å². The maximum Gasteiger partial charge on any atom is 0.407 e. The van der Waals surface area contributed by atoms with Crippen LogP contribution in [0.2, 0.25) is 0 Å². The molecule has 4 heterocycles. The van der Waals surface area contributed by atoms with E-state index in [1.54, 1.807) is 23.5 Å². The third-order valence-corrected chi connectivity index (χ3v) is 13.2. The number of thiol groups is 1. The standard InChI is InChI=1S/C42H54N8O7S2/c1-24(2)32(21-56-57-23-43)40(51)49-19-26(22-58)15-35(49)38-44-17-33(46-38)29-11-7-27(8-12-29)28-9-13-30(14-10-28)34-18-45-39(47-34)36-16-31(59(6)54)20-50(36)41(52)37(25(3)4)48-42(53)55-5/h7-14,17-18,23-26,31-32,35-37,43,58H,15-16,19-22H2,1-6H3,(H,44,46)(H,45,47)(H,48,53)/t26-,31-,32-,35-,36?,37-,59?/m0/s1. The minimum Gasteiger partial charge on any atom is -0.453 e. The molecule has 59 heavy (non-hydrogen) atoms. The first kappa shape index (κ1) is 43.6. The van der Waals surface area contributed by atoms with Gasteiger partial charge in [-0.05, 0) is 58.6 Å². The number of benzene rings is 2. The molecule has 7 atom stereocenters. The van der Waals surface area contributed by atoms with E-state index in [1.165, 1.54) is 7.11 Å². The van der Waals surface area contributed by atoms with E-state index in [1.807, 2.05) is 69.0 Å². The average molecular weight is 847 g/mol. The van der Waals surface area contributed by atoms with Gasteiger partial charge < -0.3 is 34.7 Å². The number of nitrogens with one attached hydrogen (secondary N) is 4. The molecule has 0 aliphatic carbocycles. The molecule has 0 radical (unpaired) electrons. The van der Waals surface area contributed by atoms with Gasteiger partial charge in [-0.25, -0.2) is 14.8 Å². The molecule has 6 rings (SSSR count). The summed E-state index contributed by atoms with van der Waals surface area (Å²) >= 11 is 4.55. The molecule has 2 aliphatic heterocycles. The van der Waals surface area contributed by atoms with E-state index in [9.17, 15) is 18.6 Å². The first-order chi connectivity index (χ1) is 28.3. The molecule has 17 heteroatoms. The lowest BCUT2D eigenvalue weighted by Crippen LogP contribution is -2.51. The number of ether oxygens (including phenoxy) is 1. The van der Waals surface area contributed by atoms with Gasteiger partial charge in [0.1, 0.15) is 24.3 Å². The number of carbonyl (C=O) groups is 3. The summed E-state index contributed by atoms with van der Waals surface area (Å²) in [5, 5.41) is 9.49. The number of rotatable bonds is 16. The quantitative estimate of drug-likeness (QED) is 0.0219. The normalized spacial score (nSPS) is 20.8. The molecular formula is C42H54N8O7S2. The summed E-state index contributed by atoms with van der Waals surface area (Å²) < 4.78 is 17.3. The molecule has 2 aromatic heterocycles. The topological polar surface area (TPSA) is 196 Å². The van der Waals surface area contributed by atoms with Crippen LogP contribution in [-0.4, -0.2) is 108 Å². The molecule has 3 amide bonds. The highest BCUT2D eigenvalue weighted by molar-refractivity contribution is 7.84. The van der Waals surface area contributed by atoms with Crippen molar-refractivity contribution in [2.75, 3.05) is 38.8 Å². The van der Waals surface area contributed by atoms with Crippen LogP contribution in [-0.2, 0) is 34.9 Å². The van der Waals surface area contributed by atoms with Crippen molar-refractivity contribution in [1.82, 2.24) is 35.1 Å². The summed E-state index contributed by atoms with van der Waals surface area (Å²) in [6.07, 6.45) is 6.44. The van der Waals surface area contributed by atoms with Crippen LogP contribution in [0.4, 0.5) is 4.79 Å². The fourth-order valence-corrected chi connectivity index (χ4v) is 8.96. The molecule has 0 bridgehead atoms. The zero-order chi connectivity index (χ0) is 42.4. The van der Waals surface area contributed by atoms with Gasteiger partial charge in [-0.2, -0.15) is 17.5 Å². The maximum absolute atomic E-state index is 13.8. The third kappa shape index (κ3) is 9.90. The Morgan fingerprint density at radius 1 is 0.864 bits per heavy atom. The van der Waals surface area contributed by atoms with Gasteiger partial charge in [0.25, 0.3) is 0 Å². The number of aromatic nitrogens is 4. The molecule has 2 unspecified atom stereocenters. The number of hydrogen-bond acceptors (Lipinski definition) is 11. The molecular weight excluding hydrogens is 793 g/mol. The minimum absolute atomic E-state index is 0.00551. The number of hydrogen-bond donors (Lipinski definition) is 5. The molecule has 4 aromatic rings. The van der Waals surface area contributed by atoms with Gasteiger partial charge in [0.15, 0.2) is 0 Å². The van der Waals surface area contributed by atoms with Gasteiger partial charge in [0, 0.05) is 30.1 Å². The van der Waals surface area contributed by atoms with Crippen LogP contribution < -0.4 is 5.32 Å². The summed E-state index contributed by atoms with van der Waals surface area (Å²) in [5.41, 5.74) is 5.56. The summed E-state index contributed by atoms with van der Waals surface area (Å²) in [6.45, 7) is 8.57. The van der Waals surface area contributed by atoms with Crippen LogP contribution in [0.15, 0.2) is 60.9 Å². The fourth-order valence-electron chi connectivity index (χ4n) is 7.88. The number of likely N-dealkylation sites (tertiary alicyclic amines) is 2. The SMILES string of the molecule is COC(=O)N[C@H](C(=O)N1C[C@@H](S(C)=O)CC1c1ncc(-c2ccc(-c3ccc(-c4cnc([C@@H]5C[C@H](CS)CN5C(=O)[C@@H](COOC=N)C(C)C)[nH]4)cc3)cc2)[nH]1)C(C)C. The molecule has 0 saturated carbocycles. The van der Waals surface area contributed by atoms with Crippen molar-refractivity contribution in [3.63, 3.8) is 0 Å². The summed E-state index contributed by atoms with van der Waals surface area (Å²) in [7, 11) is 0.0984. The zero-order valence-electron chi connectivity index (χ0n) is 34.2. The van der Waals surface area contributed by atoms with Gasteiger partial charge in [-0.15, -0.1) is 0 Å². The summed E-state index contributed by atoms with van der Waals surface area (Å²) in [6, 6.07) is 14.9. The Labute approximate surface area is 352 Å². The van der Waals surface area contributed by atoms with Gasteiger partial charge in [0.2, 0.25) is 18.2 Å². The monoisotopic (exact) mass is 846 g/mol. The Balaban J connectivity index is 1.14. The van der Waals surface area contributed by atoms with Gasteiger partial charge in [-0.1, -0.05) is 76.2 Å². The van der Waals surface area contributed by atoms with Gasteiger partial charge in [0.05, 0.1) is 54.1 Å². The summed E-state index contributed by atoms with van der Waals surface area (Å²) in [5.74, 6) is 1.27. The third-order valence-electron chi connectivity index (χ3n) is 11.4. The van der Waals surface area contributed by atoms with Crippen molar-refractivity contribution in [3.8, 4) is 33.6 Å². The Bertz CT molecular complexity index is 2110. The van der Waals surface area contributed by atoms with E-state index in [0.717, 1.165) is 45.9 Å². The van der Waals surface area contributed by atoms with Crippen molar-refractivity contribution in [2.45, 2.75) is 63.9 Å². The number of amides is 3. The lowest BCUT2D eigenvalue weighted by Gasteiger charge is -2.30. The lowest BCUT2D eigenvalue weighted by molar-refractivity contribution is -0.229. The molecule has 0 spiro atoms. The van der Waals surface area contributed by atoms with Crippen molar-refractivity contribution >= 4 is 47.7 Å². The number of nitrogens with zero attached hydrogens (tertiary/aromatic N) is 4. The predicted molar refractivity (Wildman–Crippen MR) is 229 cm³/mol. The second-order valence-electron chi connectivity index (χ2n) is 15.9. The Kier molecular flexibility index (Phi) is 14.3. The molecule has 4 N–H and O–H groups in total. The smallest absolute Gasteiger partial charge is 0.407 e. The average Bonchev–Trinajstić information content (AvgIpc) is 4.07. The minimum atomic E-state index is -1.16. The number of imidazole rings is 2. The second-order valence-corrected chi connectivity index (χ2v) is 17.9. The van der Waals surface area contributed by atoms with E-state index in [2.05, 4.69) is 49.9 Å². The van der Waals surface area contributed by atoms with Crippen molar-refractivity contribution in [3.05, 3.63) is 72.6 Å². The van der Waals surface area contributed by atoms with Crippen LogP contribution in [0.25, 0.3) is 33.6 Å². The summed E-state index contributed by atoms with van der Waals surface area (Å²) in [4.78, 5) is 69.3. The number of carbonyl (C=O) groups excluding carboxylic acids is 3. The van der Waals surface area contributed by atoms with E-state index < -0.39 is 34.9 Å². The predicted octanol–water partition coefficient (Wildman–Crippen LogP) is 6.18. The highest BCUT2D eigenvalue weighted by atomic mass is 32.2. The van der Waals surface area contributed by atoms with E-state index in [4.69, 9.17) is 20.0 Å². The molecule has 2 aliphatic rings. The number of H-pyrrole nitrogens is 2.